The SMILES string of the molecule is CNC(=O)CCNc1ccc(N)cc1C(N)=O. The van der Waals surface area contributed by atoms with Crippen LogP contribution in [0.4, 0.5) is 11.4 Å². The zero-order chi connectivity index (χ0) is 12.8. The number of amides is 2. The Morgan fingerprint density at radius 1 is 1.35 bits per heavy atom. The molecule has 1 aromatic carbocycles. The normalized spacial score (nSPS) is 9.71. The minimum atomic E-state index is -0.556. The van der Waals surface area contributed by atoms with Crippen LogP contribution in [0.2, 0.25) is 0 Å². The van der Waals surface area contributed by atoms with E-state index in [0.29, 0.717) is 29.9 Å². The van der Waals surface area contributed by atoms with Gasteiger partial charge in [-0.1, -0.05) is 0 Å². The van der Waals surface area contributed by atoms with Gasteiger partial charge in [-0.15, -0.1) is 0 Å². The first-order valence-corrected chi connectivity index (χ1v) is 5.18. The average Bonchev–Trinajstić information content (AvgIpc) is 2.30. The maximum absolute atomic E-state index is 11.2. The summed E-state index contributed by atoms with van der Waals surface area (Å²) >= 11 is 0. The fraction of sp³-hybridized carbons (Fsp3) is 0.273. The van der Waals surface area contributed by atoms with Crippen molar-refractivity contribution in [1.82, 2.24) is 5.32 Å². The highest BCUT2D eigenvalue weighted by atomic mass is 16.1. The molecule has 0 saturated carbocycles. The van der Waals surface area contributed by atoms with Crippen molar-refractivity contribution in [3.8, 4) is 0 Å². The number of primary amides is 1. The summed E-state index contributed by atoms with van der Waals surface area (Å²) in [4.78, 5) is 22.2. The molecule has 1 aromatic rings. The molecule has 1 rings (SSSR count). The van der Waals surface area contributed by atoms with Crippen molar-refractivity contribution in [1.29, 1.82) is 0 Å². The van der Waals surface area contributed by atoms with Gasteiger partial charge in [-0.3, -0.25) is 9.59 Å². The summed E-state index contributed by atoms with van der Waals surface area (Å²) in [5.41, 5.74) is 12.2. The first kappa shape index (κ1) is 12.8. The molecule has 0 saturated heterocycles. The predicted molar refractivity (Wildman–Crippen MR) is 66.5 cm³/mol. The number of rotatable bonds is 5. The number of nitrogen functional groups attached to an aromatic ring is 1. The summed E-state index contributed by atoms with van der Waals surface area (Å²) in [6, 6.07) is 4.83. The first-order chi connectivity index (χ1) is 8.04. The van der Waals surface area contributed by atoms with Gasteiger partial charge < -0.3 is 22.1 Å². The third-order valence-corrected chi connectivity index (χ3v) is 2.26. The standard InChI is InChI=1S/C11H16N4O2/c1-14-10(16)4-5-15-9-3-2-7(12)6-8(9)11(13)17/h2-3,6,15H,4-5,12H2,1H3,(H2,13,17)(H,14,16). The van der Waals surface area contributed by atoms with Gasteiger partial charge in [0, 0.05) is 31.4 Å². The van der Waals surface area contributed by atoms with Gasteiger partial charge in [0.25, 0.3) is 5.91 Å². The van der Waals surface area contributed by atoms with Gasteiger partial charge in [0.05, 0.1) is 5.56 Å². The summed E-state index contributed by atoms with van der Waals surface area (Å²) in [7, 11) is 1.57. The maximum atomic E-state index is 11.2. The van der Waals surface area contributed by atoms with Crippen LogP contribution in [0.15, 0.2) is 18.2 Å². The molecular formula is C11H16N4O2. The molecule has 6 nitrogen and oxygen atoms in total. The van der Waals surface area contributed by atoms with Gasteiger partial charge in [0.15, 0.2) is 0 Å². The van der Waals surface area contributed by atoms with Gasteiger partial charge in [0.1, 0.15) is 0 Å². The largest absolute Gasteiger partial charge is 0.399 e. The summed E-state index contributed by atoms with van der Waals surface area (Å²) < 4.78 is 0. The van der Waals surface area contributed by atoms with Crippen LogP contribution in [0.1, 0.15) is 16.8 Å². The van der Waals surface area contributed by atoms with Crippen LogP contribution in [0.25, 0.3) is 0 Å². The van der Waals surface area contributed by atoms with Crippen molar-refractivity contribution in [2.24, 2.45) is 5.73 Å². The van der Waals surface area contributed by atoms with E-state index in [9.17, 15) is 9.59 Å². The molecule has 0 heterocycles. The van der Waals surface area contributed by atoms with Crippen LogP contribution in [0.5, 0.6) is 0 Å². The first-order valence-electron chi connectivity index (χ1n) is 5.18. The minimum absolute atomic E-state index is 0.0754. The Hall–Kier alpha value is -2.24. The van der Waals surface area contributed by atoms with Crippen molar-refractivity contribution in [3.63, 3.8) is 0 Å². The van der Waals surface area contributed by atoms with E-state index in [-0.39, 0.29) is 5.91 Å². The van der Waals surface area contributed by atoms with E-state index in [1.54, 1.807) is 19.2 Å². The Morgan fingerprint density at radius 3 is 2.65 bits per heavy atom. The van der Waals surface area contributed by atoms with Crippen molar-refractivity contribution < 1.29 is 9.59 Å². The molecule has 0 radical (unpaired) electrons. The molecule has 0 atom stereocenters. The molecule has 6 heteroatoms. The van der Waals surface area contributed by atoms with E-state index in [0.717, 1.165) is 0 Å². The summed E-state index contributed by atoms with van der Waals surface area (Å²) in [6.45, 7) is 0.421. The van der Waals surface area contributed by atoms with Gasteiger partial charge in [-0.25, -0.2) is 0 Å². The number of nitrogens with one attached hydrogen (secondary N) is 2. The molecular weight excluding hydrogens is 220 g/mol. The maximum Gasteiger partial charge on any atom is 0.250 e. The highest BCUT2D eigenvalue weighted by molar-refractivity contribution is 5.99. The molecule has 0 fully saturated rings. The molecule has 0 bridgehead atoms. The quantitative estimate of drug-likeness (QED) is 0.536. The van der Waals surface area contributed by atoms with Crippen LogP contribution < -0.4 is 22.1 Å². The molecule has 0 aliphatic rings. The lowest BCUT2D eigenvalue weighted by Gasteiger charge is -2.10. The molecule has 17 heavy (non-hydrogen) atoms. The number of hydrogen-bond donors (Lipinski definition) is 4. The number of hydrogen-bond acceptors (Lipinski definition) is 4. The second-order valence-electron chi connectivity index (χ2n) is 3.52. The molecule has 0 aliphatic heterocycles. The Balaban J connectivity index is 2.70. The Morgan fingerprint density at radius 2 is 2.06 bits per heavy atom. The third-order valence-electron chi connectivity index (χ3n) is 2.26. The Kier molecular flexibility index (Phi) is 4.33. The van der Waals surface area contributed by atoms with Crippen LogP contribution >= 0.6 is 0 Å². The number of anilines is 2. The monoisotopic (exact) mass is 236 g/mol. The summed E-state index contributed by atoms with van der Waals surface area (Å²) in [6.07, 6.45) is 0.319. The second-order valence-corrected chi connectivity index (χ2v) is 3.52. The molecule has 0 aromatic heterocycles. The topological polar surface area (TPSA) is 110 Å². The smallest absolute Gasteiger partial charge is 0.250 e. The Bertz CT molecular complexity index is 431. The number of nitrogens with two attached hydrogens (primary N) is 2. The third kappa shape index (κ3) is 3.67. The lowest BCUT2D eigenvalue weighted by molar-refractivity contribution is -0.120. The fourth-order valence-corrected chi connectivity index (χ4v) is 1.36. The highest BCUT2D eigenvalue weighted by Gasteiger charge is 2.08. The van der Waals surface area contributed by atoms with Gasteiger partial charge in [-0.05, 0) is 18.2 Å². The van der Waals surface area contributed by atoms with E-state index >= 15 is 0 Å². The van der Waals surface area contributed by atoms with E-state index in [4.69, 9.17) is 11.5 Å². The molecule has 2 amide bonds. The van der Waals surface area contributed by atoms with Crippen LogP contribution in [0.3, 0.4) is 0 Å². The molecule has 92 valence electrons. The van der Waals surface area contributed by atoms with Crippen molar-refractivity contribution in [2.75, 3.05) is 24.6 Å². The minimum Gasteiger partial charge on any atom is -0.399 e. The van der Waals surface area contributed by atoms with E-state index < -0.39 is 5.91 Å². The fourth-order valence-electron chi connectivity index (χ4n) is 1.36. The van der Waals surface area contributed by atoms with E-state index in [2.05, 4.69) is 10.6 Å². The van der Waals surface area contributed by atoms with E-state index in [1.807, 2.05) is 0 Å². The number of carbonyl (C=O) groups is 2. The zero-order valence-corrected chi connectivity index (χ0v) is 9.62. The van der Waals surface area contributed by atoms with Crippen molar-refractivity contribution >= 4 is 23.2 Å². The summed E-state index contributed by atoms with van der Waals surface area (Å²) in [5.74, 6) is -0.631. The van der Waals surface area contributed by atoms with E-state index in [1.165, 1.54) is 6.07 Å². The van der Waals surface area contributed by atoms with Gasteiger partial charge >= 0.3 is 0 Å². The molecule has 0 unspecified atom stereocenters. The zero-order valence-electron chi connectivity index (χ0n) is 9.62. The average molecular weight is 236 g/mol. The predicted octanol–water partition coefficient (Wildman–Crippen LogP) is -0.0843. The lowest BCUT2D eigenvalue weighted by atomic mass is 10.1. The molecule has 0 aliphatic carbocycles. The number of carbonyl (C=O) groups excluding carboxylic acids is 2. The van der Waals surface area contributed by atoms with Crippen LogP contribution in [-0.2, 0) is 4.79 Å². The number of benzene rings is 1. The molecule has 0 spiro atoms. The lowest BCUT2D eigenvalue weighted by Crippen LogP contribution is -2.22. The van der Waals surface area contributed by atoms with Gasteiger partial charge in [0.2, 0.25) is 5.91 Å². The summed E-state index contributed by atoms with van der Waals surface area (Å²) in [5, 5.41) is 5.48. The Labute approximate surface area is 99.4 Å². The molecule has 6 N–H and O–H groups in total. The second kappa shape index (κ2) is 5.74. The van der Waals surface area contributed by atoms with Crippen LogP contribution in [-0.4, -0.2) is 25.4 Å². The highest BCUT2D eigenvalue weighted by Crippen LogP contribution is 2.18. The van der Waals surface area contributed by atoms with Crippen LogP contribution in [0, 0.1) is 0 Å². The van der Waals surface area contributed by atoms with Gasteiger partial charge in [-0.2, -0.15) is 0 Å². The van der Waals surface area contributed by atoms with Crippen molar-refractivity contribution in [2.45, 2.75) is 6.42 Å². The van der Waals surface area contributed by atoms with Crippen molar-refractivity contribution in [3.05, 3.63) is 23.8 Å².